The zero-order valence-corrected chi connectivity index (χ0v) is 19.8. The van der Waals surface area contributed by atoms with Crippen molar-refractivity contribution in [2.75, 3.05) is 0 Å². The summed E-state index contributed by atoms with van der Waals surface area (Å²) in [6, 6.07) is 10.6. The van der Waals surface area contributed by atoms with Crippen molar-refractivity contribution < 1.29 is 9.59 Å². The minimum Gasteiger partial charge on any atom is -0.352 e. The monoisotopic (exact) mass is 448 g/mol. The number of aryl methyl sites for hydroxylation is 2. The fourth-order valence-electron chi connectivity index (χ4n) is 3.16. The van der Waals surface area contributed by atoms with Crippen molar-refractivity contribution in [3.63, 3.8) is 0 Å². The van der Waals surface area contributed by atoms with Gasteiger partial charge in [-0.15, -0.1) is 0 Å². The number of carbonyl (C=O) groups excluding carboxylic acids is 2. The van der Waals surface area contributed by atoms with Gasteiger partial charge in [-0.2, -0.15) is 0 Å². The highest BCUT2D eigenvalue weighted by molar-refractivity contribution is 6.36. The predicted molar refractivity (Wildman–Crippen MR) is 124 cm³/mol. The summed E-state index contributed by atoms with van der Waals surface area (Å²) < 4.78 is 0. The summed E-state index contributed by atoms with van der Waals surface area (Å²) in [7, 11) is 0. The molecule has 0 aromatic heterocycles. The van der Waals surface area contributed by atoms with Gasteiger partial charge in [0.05, 0.1) is 6.42 Å². The molecule has 0 heterocycles. The number of nitrogens with zero attached hydrogens (tertiary/aromatic N) is 1. The number of rotatable bonds is 8. The van der Waals surface area contributed by atoms with Crippen LogP contribution in [0.1, 0.15) is 49.4 Å². The Hall–Kier alpha value is -2.04. The van der Waals surface area contributed by atoms with Crippen LogP contribution in [-0.4, -0.2) is 28.8 Å². The Balaban J connectivity index is 2.35. The molecule has 2 atom stereocenters. The van der Waals surface area contributed by atoms with Gasteiger partial charge in [0.1, 0.15) is 6.04 Å². The maximum atomic E-state index is 13.4. The second-order valence-electron chi connectivity index (χ2n) is 7.82. The number of hydrogen-bond donors (Lipinski definition) is 1. The summed E-state index contributed by atoms with van der Waals surface area (Å²) in [5.74, 6) is -0.340. The molecule has 0 aliphatic carbocycles. The Labute approximate surface area is 189 Å². The first-order valence-corrected chi connectivity index (χ1v) is 11.0. The maximum Gasteiger partial charge on any atom is 0.242 e. The standard InChI is InChI=1S/C24H30Cl2N2O2/c1-6-17(4)27-24(30)18(5)28(14-20-21(25)8-7-9-22(20)26)23(29)13-19-12-15(2)10-11-16(19)3/h7-12,17-18H,6,13-14H2,1-5H3,(H,27,30)/t17-,18-/m0/s1. The number of hydrogen-bond acceptors (Lipinski definition) is 2. The van der Waals surface area contributed by atoms with Gasteiger partial charge in [0.15, 0.2) is 0 Å². The van der Waals surface area contributed by atoms with E-state index in [1.165, 1.54) is 0 Å². The Morgan fingerprint density at radius 1 is 1.07 bits per heavy atom. The van der Waals surface area contributed by atoms with Crippen LogP contribution in [-0.2, 0) is 22.6 Å². The normalized spacial score (nSPS) is 12.9. The minimum atomic E-state index is -0.663. The molecule has 162 valence electrons. The van der Waals surface area contributed by atoms with Gasteiger partial charge in [0, 0.05) is 28.2 Å². The summed E-state index contributed by atoms with van der Waals surface area (Å²) in [4.78, 5) is 27.7. The van der Waals surface area contributed by atoms with Gasteiger partial charge in [0.2, 0.25) is 11.8 Å². The average Bonchev–Trinajstić information content (AvgIpc) is 2.69. The van der Waals surface area contributed by atoms with Crippen molar-refractivity contribution in [3.8, 4) is 0 Å². The number of halogens is 2. The smallest absolute Gasteiger partial charge is 0.242 e. The molecule has 0 unspecified atom stereocenters. The van der Waals surface area contributed by atoms with Crippen LogP contribution in [0.4, 0.5) is 0 Å². The number of amides is 2. The lowest BCUT2D eigenvalue weighted by Gasteiger charge is -2.30. The molecule has 0 spiro atoms. The first-order chi connectivity index (χ1) is 14.1. The van der Waals surface area contributed by atoms with Crippen LogP contribution < -0.4 is 5.32 Å². The van der Waals surface area contributed by atoms with E-state index in [0.29, 0.717) is 15.6 Å². The highest BCUT2D eigenvalue weighted by Crippen LogP contribution is 2.27. The Kier molecular flexibility index (Phi) is 8.75. The van der Waals surface area contributed by atoms with Crippen LogP contribution in [0.15, 0.2) is 36.4 Å². The number of carbonyl (C=O) groups is 2. The van der Waals surface area contributed by atoms with Crippen LogP contribution in [0, 0.1) is 13.8 Å². The number of nitrogens with one attached hydrogen (secondary N) is 1. The second kappa shape index (κ2) is 10.8. The van der Waals surface area contributed by atoms with Gasteiger partial charge < -0.3 is 10.2 Å². The molecule has 2 amide bonds. The highest BCUT2D eigenvalue weighted by atomic mass is 35.5. The van der Waals surface area contributed by atoms with Crippen LogP contribution in [0.2, 0.25) is 10.0 Å². The minimum absolute atomic E-state index is 0.0276. The van der Waals surface area contributed by atoms with Crippen LogP contribution >= 0.6 is 23.2 Å². The summed E-state index contributed by atoms with van der Waals surface area (Å²) in [5.41, 5.74) is 3.72. The molecule has 2 aromatic carbocycles. The lowest BCUT2D eigenvalue weighted by Crippen LogP contribution is -2.50. The van der Waals surface area contributed by atoms with E-state index in [4.69, 9.17) is 23.2 Å². The molecule has 0 aliphatic rings. The van der Waals surface area contributed by atoms with Crippen molar-refractivity contribution in [2.24, 2.45) is 0 Å². The lowest BCUT2D eigenvalue weighted by atomic mass is 10.0. The van der Waals surface area contributed by atoms with Gasteiger partial charge in [-0.25, -0.2) is 0 Å². The zero-order chi connectivity index (χ0) is 22.4. The fraction of sp³-hybridized carbons (Fsp3) is 0.417. The Morgan fingerprint density at radius 2 is 1.70 bits per heavy atom. The van der Waals surface area contributed by atoms with E-state index >= 15 is 0 Å². The first-order valence-electron chi connectivity index (χ1n) is 10.2. The molecule has 0 radical (unpaired) electrons. The third-order valence-corrected chi connectivity index (χ3v) is 6.11. The van der Waals surface area contributed by atoms with Gasteiger partial charge in [-0.1, -0.05) is 60.0 Å². The third kappa shape index (κ3) is 6.23. The molecule has 6 heteroatoms. The van der Waals surface area contributed by atoms with Crippen molar-refractivity contribution in [1.29, 1.82) is 0 Å². The van der Waals surface area contributed by atoms with E-state index in [1.54, 1.807) is 30.0 Å². The van der Waals surface area contributed by atoms with Crippen LogP contribution in [0.25, 0.3) is 0 Å². The largest absolute Gasteiger partial charge is 0.352 e. The molecule has 0 saturated carbocycles. The molecule has 1 N–H and O–H groups in total. The van der Waals surface area contributed by atoms with Crippen LogP contribution in [0.3, 0.4) is 0 Å². The molecule has 2 aromatic rings. The predicted octanol–water partition coefficient (Wildman–Crippen LogP) is 5.48. The summed E-state index contributed by atoms with van der Waals surface area (Å²) >= 11 is 12.7. The molecule has 0 bridgehead atoms. The fourth-order valence-corrected chi connectivity index (χ4v) is 3.67. The SMILES string of the molecule is CC[C@H](C)NC(=O)[C@H](C)N(Cc1c(Cl)cccc1Cl)C(=O)Cc1cc(C)ccc1C. The first kappa shape index (κ1) is 24.2. The summed E-state index contributed by atoms with van der Waals surface area (Å²) in [6.07, 6.45) is 1.02. The Bertz CT molecular complexity index is 894. The van der Waals surface area contributed by atoms with E-state index in [-0.39, 0.29) is 30.8 Å². The van der Waals surface area contributed by atoms with Crippen molar-refractivity contribution in [1.82, 2.24) is 10.2 Å². The van der Waals surface area contributed by atoms with Gasteiger partial charge in [0.25, 0.3) is 0 Å². The quantitative estimate of drug-likeness (QED) is 0.580. The molecular formula is C24H30Cl2N2O2. The number of benzene rings is 2. The molecule has 0 fully saturated rings. The zero-order valence-electron chi connectivity index (χ0n) is 18.3. The second-order valence-corrected chi connectivity index (χ2v) is 8.64. The van der Waals surface area contributed by atoms with Crippen molar-refractivity contribution in [3.05, 3.63) is 68.7 Å². The maximum absolute atomic E-state index is 13.4. The molecule has 0 aliphatic heterocycles. The molecule has 2 rings (SSSR count). The van der Waals surface area contributed by atoms with Crippen molar-refractivity contribution >= 4 is 35.0 Å². The van der Waals surface area contributed by atoms with Gasteiger partial charge >= 0.3 is 0 Å². The van der Waals surface area contributed by atoms with Crippen LogP contribution in [0.5, 0.6) is 0 Å². The molecule has 4 nitrogen and oxygen atoms in total. The molecular weight excluding hydrogens is 419 g/mol. The third-order valence-electron chi connectivity index (χ3n) is 5.40. The van der Waals surface area contributed by atoms with E-state index in [0.717, 1.165) is 23.1 Å². The summed E-state index contributed by atoms with van der Waals surface area (Å²) in [6.45, 7) is 9.83. The van der Waals surface area contributed by atoms with E-state index in [2.05, 4.69) is 5.32 Å². The van der Waals surface area contributed by atoms with E-state index in [9.17, 15) is 9.59 Å². The Morgan fingerprint density at radius 3 is 2.30 bits per heavy atom. The van der Waals surface area contributed by atoms with E-state index < -0.39 is 6.04 Å². The van der Waals surface area contributed by atoms with E-state index in [1.807, 2.05) is 45.9 Å². The molecule has 30 heavy (non-hydrogen) atoms. The summed E-state index contributed by atoms with van der Waals surface area (Å²) in [5, 5.41) is 3.91. The van der Waals surface area contributed by atoms with Gasteiger partial charge in [-0.05, 0) is 57.4 Å². The highest BCUT2D eigenvalue weighted by Gasteiger charge is 2.28. The average molecular weight is 449 g/mol. The van der Waals surface area contributed by atoms with Gasteiger partial charge in [-0.3, -0.25) is 9.59 Å². The lowest BCUT2D eigenvalue weighted by molar-refractivity contribution is -0.140. The topological polar surface area (TPSA) is 49.4 Å². The molecule has 0 saturated heterocycles. The van der Waals surface area contributed by atoms with Crippen molar-refractivity contribution in [2.45, 2.75) is 66.1 Å².